The number of halogens is 1. The number of aliphatic imine (C=N–C) groups is 1. The lowest BCUT2D eigenvalue weighted by atomic mass is 10.1. The molecule has 3 rings (SSSR count). The molecule has 0 bridgehead atoms. The molecule has 2 aromatic rings. The summed E-state index contributed by atoms with van der Waals surface area (Å²) < 4.78 is 0. The van der Waals surface area contributed by atoms with Crippen molar-refractivity contribution in [2.24, 2.45) is 10.7 Å². The number of carbonyl (C=O) groups excluding carboxylic acids is 1. The van der Waals surface area contributed by atoms with Gasteiger partial charge in [0.05, 0.1) is 6.54 Å². The molecule has 0 spiro atoms. The number of amides is 1. The van der Waals surface area contributed by atoms with Gasteiger partial charge in [0.2, 0.25) is 0 Å². The Bertz CT molecular complexity index is 829. The van der Waals surface area contributed by atoms with Crippen molar-refractivity contribution >= 4 is 29.2 Å². The molecule has 1 aliphatic rings. The summed E-state index contributed by atoms with van der Waals surface area (Å²) in [6.07, 6.45) is 0. The van der Waals surface area contributed by atoms with Crippen LogP contribution in [-0.4, -0.2) is 49.5 Å². The first kappa shape index (κ1) is 20.0. The van der Waals surface area contributed by atoms with Crippen molar-refractivity contribution in [2.45, 2.75) is 13.5 Å². The standard InChI is InChI=1S/C21H26ClN5O/c1-2-24-20(28)17-5-3-4-16(14-17)15-25-21(23)27-12-10-26(11-13-27)19-8-6-18(22)7-9-19/h3-9,14H,2,10-13,15H2,1H3,(H2,23,25)(H,24,28). The fourth-order valence-corrected chi connectivity index (χ4v) is 3.32. The van der Waals surface area contributed by atoms with Crippen LogP contribution in [0.4, 0.5) is 5.69 Å². The highest BCUT2D eigenvalue weighted by atomic mass is 35.5. The Hall–Kier alpha value is -2.73. The van der Waals surface area contributed by atoms with E-state index in [4.69, 9.17) is 17.3 Å². The second kappa shape index (κ2) is 9.46. The van der Waals surface area contributed by atoms with Crippen molar-refractivity contribution in [3.63, 3.8) is 0 Å². The van der Waals surface area contributed by atoms with Crippen molar-refractivity contribution in [2.75, 3.05) is 37.6 Å². The van der Waals surface area contributed by atoms with Crippen LogP contribution in [0.5, 0.6) is 0 Å². The van der Waals surface area contributed by atoms with Crippen LogP contribution in [0.15, 0.2) is 53.5 Å². The summed E-state index contributed by atoms with van der Waals surface area (Å²) in [5.41, 5.74) is 8.98. The Morgan fingerprint density at radius 3 is 2.54 bits per heavy atom. The summed E-state index contributed by atoms with van der Waals surface area (Å²) >= 11 is 5.96. The highest BCUT2D eigenvalue weighted by molar-refractivity contribution is 6.30. The molecule has 0 aliphatic carbocycles. The van der Waals surface area contributed by atoms with Crippen molar-refractivity contribution in [1.82, 2.24) is 10.2 Å². The third-order valence-electron chi connectivity index (χ3n) is 4.75. The fraction of sp³-hybridized carbons (Fsp3) is 0.333. The molecule has 7 heteroatoms. The predicted molar refractivity (Wildman–Crippen MR) is 115 cm³/mol. The van der Waals surface area contributed by atoms with Crippen LogP contribution in [0.25, 0.3) is 0 Å². The van der Waals surface area contributed by atoms with Crippen molar-refractivity contribution in [3.05, 3.63) is 64.7 Å². The Labute approximate surface area is 171 Å². The number of hydrogen-bond acceptors (Lipinski definition) is 3. The molecule has 2 aromatic carbocycles. The summed E-state index contributed by atoms with van der Waals surface area (Å²) in [6, 6.07) is 15.4. The van der Waals surface area contributed by atoms with E-state index in [0.29, 0.717) is 24.6 Å². The summed E-state index contributed by atoms with van der Waals surface area (Å²) in [6.45, 7) is 6.36. The summed E-state index contributed by atoms with van der Waals surface area (Å²) in [5.74, 6) is 0.471. The third-order valence-corrected chi connectivity index (χ3v) is 5.00. The molecule has 148 valence electrons. The van der Waals surface area contributed by atoms with Gasteiger partial charge in [0.15, 0.2) is 5.96 Å². The van der Waals surface area contributed by atoms with Crippen molar-refractivity contribution < 1.29 is 4.79 Å². The lowest BCUT2D eigenvalue weighted by molar-refractivity contribution is 0.0955. The van der Waals surface area contributed by atoms with Crippen LogP contribution in [0.2, 0.25) is 5.02 Å². The van der Waals surface area contributed by atoms with Crippen molar-refractivity contribution in [3.8, 4) is 0 Å². The third kappa shape index (κ3) is 5.16. The Morgan fingerprint density at radius 1 is 1.14 bits per heavy atom. The number of carbonyl (C=O) groups is 1. The number of nitrogens with one attached hydrogen (secondary N) is 1. The van der Waals surface area contributed by atoms with E-state index in [1.54, 1.807) is 6.07 Å². The summed E-state index contributed by atoms with van der Waals surface area (Å²) in [4.78, 5) is 20.9. The van der Waals surface area contributed by atoms with Crippen LogP contribution in [0, 0.1) is 0 Å². The molecule has 0 atom stereocenters. The van der Waals surface area contributed by atoms with Gasteiger partial charge in [-0.1, -0.05) is 23.7 Å². The zero-order chi connectivity index (χ0) is 19.9. The number of nitrogens with two attached hydrogens (primary N) is 1. The van der Waals surface area contributed by atoms with Gasteiger partial charge < -0.3 is 20.9 Å². The maximum atomic E-state index is 12.0. The Balaban J connectivity index is 1.55. The number of guanidine groups is 1. The fourth-order valence-electron chi connectivity index (χ4n) is 3.19. The normalized spacial score (nSPS) is 14.9. The quantitative estimate of drug-likeness (QED) is 0.599. The highest BCUT2D eigenvalue weighted by Crippen LogP contribution is 2.19. The second-order valence-electron chi connectivity index (χ2n) is 6.68. The zero-order valence-corrected chi connectivity index (χ0v) is 16.8. The van der Waals surface area contributed by atoms with Crippen molar-refractivity contribution in [1.29, 1.82) is 0 Å². The molecule has 0 unspecified atom stereocenters. The molecule has 0 radical (unpaired) electrons. The van der Waals surface area contributed by atoms with E-state index in [2.05, 4.69) is 20.1 Å². The molecular formula is C21H26ClN5O. The van der Waals surface area contributed by atoms with E-state index in [1.165, 1.54) is 5.69 Å². The molecule has 1 saturated heterocycles. The van der Waals surface area contributed by atoms with Gasteiger partial charge >= 0.3 is 0 Å². The molecule has 3 N–H and O–H groups in total. The maximum Gasteiger partial charge on any atom is 0.251 e. The van der Waals surface area contributed by atoms with Crippen LogP contribution in [0.1, 0.15) is 22.8 Å². The average Bonchev–Trinajstić information content (AvgIpc) is 2.73. The van der Waals surface area contributed by atoms with Gasteiger partial charge in [-0.3, -0.25) is 4.79 Å². The van der Waals surface area contributed by atoms with Crippen LogP contribution in [0.3, 0.4) is 0 Å². The minimum Gasteiger partial charge on any atom is -0.370 e. The minimum atomic E-state index is -0.0698. The van der Waals surface area contributed by atoms with Gasteiger partial charge in [-0.05, 0) is 48.9 Å². The van der Waals surface area contributed by atoms with E-state index in [0.717, 1.165) is 36.8 Å². The molecule has 1 fully saturated rings. The van der Waals surface area contributed by atoms with Crippen LogP contribution >= 0.6 is 11.6 Å². The highest BCUT2D eigenvalue weighted by Gasteiger charge is 2.18. The SMILES string of the molecule is CCNC(=O)c1cccc(CN=C(N)N2CCN(c3ccc(Cl)cc3)CC2)c1. The van der Waals surface area contributed by atoms with Gasteiger partial charge in [-0.15, -0.1) is 0 Å². The second-order valence-corrected chi connectivity index (χ2v) is 7.12. The number of anilines is 1. The van der Waals surface area contributed by atoms with E-state index in [9.17, 15) is 4.79 Å². The average molecular weight is 400 g/mol. The number of rotatable bonds is 5. The van der Waals surface area contributed by atoms with Gasteiger partial charge in [0.1, 0.15) is 0 Å². The van der Waals surface area contributed by atoms with Crippen LogP contribution in [-0.2, 0) is 6.54 Å². The van der Waals surface area contributed by atoms with Gasteiger partial charge in [0.25, 0.3) is 5.91 Å². The van der Waals surface area contributed by atoms with Crippen LogP contribution < -0.4 is 16.0 Å². The largest absolute Gasteiger partial charge is 0.370 e. The number of benzene rings is 2. The van der Waals surface area contributed by atoms with E-state index in [-0.39, 0.29) is 5.91 Å². The first-order valence-corrected chi connectivity index (χ1v) is 9.87. The maximum absolute atomic E-state index is 12.0. The van der Waals surface area contributed by atoms with Gasteiger partial charge in [-0.2, -0.15) is 0 Å². The molecule has 1 amide bonds. The lowest BCUT2D eigenvalue weighted by Gasteiger charge is -2.36. The molecule has 28 heavy (non-hydrogen) atoms. The monoisotopic (exact) mass is 399 g/mol. The number of piperazine rings is 1. The molecule has 1 aliphatic heterocycles. The predicted octanol–water partition coefficient (Wildman–Crippen LogP) is 2.73. The van der Waals surface area contributed by atoms with Gasteiger partial charge in [0, 0.05) is 49.0 Å². The Kier molecular flexibility index (Phi) is 6.76. The number of hydrogen-bond donors (Lipinski definition) is 2. The molecule has 6 nitrogen and oxygen atoms in total. The molecule has 0 saturated carbocycles. The topological polar surface area (TPSA) is 74.0 Å². The number of nitrogens with zero attached hydrogens (tertiary/aromatic N) is 3. The first-order valence-electron chi connectivity index (χ1n) is 9.49. The molecule has 1 heterocycles. The van der Waals surface area contributed by atoms with E-state index >= 15 is 0 Å². The summed E-state index contributed by atoms with van der Waals surface area (Å²) in [5, 5.41) is 3.55. The zero-order valence-electron chi connectivity index (χ0n) is 16.1. The molecule has 0 aromatic heterocycles. The molecular weight excluding hydrogens is 374 g/mol. The smallest absolute Gasteiger partial charge is 0.251 e. The summed E-state index contributed by atoms with van der Waals surface area (Å²) in [7, 11) is 0. The van der Waals surface area contributed by atoms with E-state index in [1.807, 2.05) is 49.4 Å². The van der Waals surface area contributed by atoms with E-state index < -0.39 is 0 Å². The Morgan fingerprint density at radius 2 is 1.86 bits per heavy atom. The van der Waals surface area contributed by atoms with Gasteiger partial charge in [-0.25, -0.2) is 4.99 Å². The lowest BCUT2D eigenvalue weighted by Crippen LogP contribution is -2.51. The minimum absolute atomic E-state index is 0.0698. The first-order chi connectivity index (χ1) is 13.6.